The Hall–Kier alpha value is -0.980. The first-order valence-electron chi connectivity index (χ1n) is 7.75. The molecule has 0 aliphatic heterocycles. The van der Waals surface area contributed by atoms with Crippen molar-refractivity contribution < 1.29 is 0 Å². The highest BCUT2D eigenvalue weighted by atomic mass is 14.9. The van der Waals surface area contributed by atoms with Crippen LogP contribution in [0.15, 0.2) is 18.2 Å². The number of benzene rings is 1. The zero-order valence-corrected chi connectivity index (χ0v) is 11.5. The minimum absolute atomic E-state index is 0.725. The third-order valence-electron chi connectivity index (χ3n) is 4.92. The first kappa shape index (κ1) is 12.1. The zero-order valence-electron chi connectivity index (χ0n) is 11.5. The summed E-state index contributed by atoms with van der Waals surface area (Å²) in [7, 11) is 0. The lowest BCUT2D eigenvalue weighted by atomic mass is 9.90. The van der Waals surface area contributed by atoms with Crippen LogP contribution in [0.4, 0.5) is 5.69 Å². The lowest BCUT2D eigenvalue weighted by Crippen LogP contribution is -2.24. The summed E-state index contributed by atoms with van der Waals surface area (Å²) in [6, 6.07) is 7.59. The topological polar surface area (TPSA) is 12.0 Å². The van der Waals surface area contributed by atoms with Gasteiger partial charge in [-0.05, 0) is 61.6 Å². The van der Waals surface area contributed by atoms with Crippen LogP contribution in [0.1, 0.15) is 56.6 Å². The van der Waals surface area contributed by atoms with Crippen LogP contribution in [0.3, 0.4) is 0 Å². The van der Waals surface area contributed by atoms with Gasteiger partial charge in [-0.1, -0.05) is 31.9 Å². The first-order valence-corrected chi connectivity index (χ1v) is 7.75. The van der Waals surface area contributed by atoms with E-state index in [9.17, 15) is 0 Å². The van der Waals surface area contributed by atoms with E-state index in [1.165, 1.54) is 57.1 Å². The molecule has 1 heteroatoms. The molecule has 0 aromatic heterocycles. The standard InChI is InChI=1S/C17H25N/c1-2-13-8-5-11-16(13)18-17-12-6-9-14-7-3-4-10-15(14)17/h6,9,12-13,16,18H,2-5,7-8,10-11H2,1H3. The Bertz CT molecular complexity index is 410. The van der Waals surface area contributed by atoms with Crippen LogP contribution in [0.25, 0.3) is 0 Å². The van der Waals surface area contributed by atoms with E-state index >= 15 is 0 Å². The van der Waals surface area contributed by atoms with Crippen LogP contribution < -0.4 is 5.32 Å². The predicted octanol–water partition coefficient (Wildman–Crippen LogP) is 4.56. The summed E-state index contributed by atoms with van der Waals surface area (Å²) >= 11 is 0. The van der Waals surface area contributed by atoms with Gasteiger partial charge < -0.3 is 5.32 Å². The average Bonchev–Trinajstić information content (AvgIpc) is 2.86. The van der Waals surface area contributed by atoms with Crippen LogP contribution in [0.2, 0.25) is 0 Å². The number of hydrogen-bond acceptors (Lipinski definition) is 1. The molecule has 1 aromatic rings. The minimum Gasteiger partial charge on any atom is -0.382 e. The fourth-order valence-electron chi connectivity index (χ4n) is 3.83. The molecule has 98 valence electrons. The Morgan fingerprint density at radius 1 is 1.11 bits per heavy atom. The van der Waals surface area contributed by atoms with Gasteiger partial charge in [-0.15, -0.1) is 0 Å². The number of hydrogen-bond donors (Lipinski definition) is 1. The number of rotatable bonds is 3. The molecule has 0 heterocycles. The summed E-state index contributed by atoms with van der Waals surface area (Å²) in [5.41, 5.74) is 4.65. The van der Waals surface area contributed by atoms with Gasteiger partial charge in [-0.25, -0.2) is 0 Å². The second-order valence-electron chi connectivity index (χ2n) is 6.00. The van der Waals surface area contributed by atoms with Crippen molar-refractivity contribution in [3.05, 3.63) is 29.3 Å². The summed E-state index contributed by atoms with van der Waals surface area (Å²) < 4.78 is 0. The van der Waals surface area contributed by atoms with Gasteiger partial charge in [0.15, 0.2) is 0 Å². The monoisotopic (exact) mass is 243 g/mol. The summed E-state index contributed by atoms with van der Waals surface area (Å²) in [5, 5.41) is 3.87. The van der Waals surface area contributed by atoms with Crippen LogP contribution >= 0.6 is 0 Å². The average molecular weight is 243 g/mol. The Balaban J connectivity index is 1.80. The maximum atomic E-state index is 3.87. The van der Waals surface area contributed by atoms with Crippen molar-refractivity contribution in [2.24, 2.45) is 5.92 Å². The molecule has 0 radical (unpaired) electrons. The normalized spacial score (nSPS) is 26.9. The van der Waals surface area contributed by atoms with Gasteiger partial charge >= 0.3 is 0 Å². The molecule has 1 saturated carbocycles. The van der Waals surface area contributed by atoms with Crippen molar-refractivity contribution in [3.63, 3.8) is 0 Å². The highest BCUT2D eigenvalue weighted by Gasteiger charge is 2.26. The van der Waals surface area contributed by atoms with E-state index < -0.39 is 0 Å². The number of fused-ring (bicyclic) bond motifs is 1. The Kier molecular flexibility index (Phi) is 3.58. The van der Waals surface area contributed by atoms with E-state index in [1.807, 2.05) is 0 Å². The third-order valence-corrected chi connectivity index (χ3v) is 4.92. The van der Waals surface area contributed by atoms with Gasteiger partial charge in [-0.3, -0.25) is 0 Å². The van der Waals surface area contributed by atoms with E-state index in [0.717, 1.165) is 12.0 Å². The van der Waals surface area contributed by atoms with Crippen molar-refractivity contribution in [2.75, 3.05) is 5.32 Å². The Morgan fingerprint density at radius 2 is 2.00 bits per heavy atom. The molecule has 1 aromatic carbocycles. The molecule has 0 spiro atoms. The molecular formula is C17H25N. The quantitative estimate of drug-likeness (QED) is 0.821. The molecule has 0 saturated heterocycles. The summed E-state index contributed by atoms with van der Waals surface area (Å²) in [5.74, 6) is 0.893. The molecule has 2 unspecified atom stereocenters. The van der Waals surface area contributed by atoms with Gasteiger partial charge in [-0.2, -0.15) is 0 Å². The smallest absolute Gasteiger partial charge is 0.0377 e. The van der Waals surface area contributed by atoms with Gasteiger partial charge in [0.2, 0.25) is 0 Å². The summed E-state index contributed by atoms with van der Waals surface area (Å²) in [4.78, 5) is 0. The highest BCUT2D eigenvalue weighted by molar-refractivity contribution is 5.56. The Morgan fingerprint density at radius 3 is 2.89 bits per heavy atom. The van der Waals surface area contributed by atoms with Crippen LogP contribution in [0.5, 0.6) is 0 Å². The molecular weight excluding hydrogens is 218 g/mol. The predicted molar refractivity (Wildman–Crippen MR) is 78.1 cm³/mol. The first-order chi connectivity index (χ1) is 8.88. The van der Waals surface area contributed by atoms with Crippen LogP contribution in [0, 0.1) is 5.92 Å². The number of anilines is 1. The fourth-order valence-corrected chi connectivity index (χ4v) is 3.83. The van der Waals surface area contributed by atoms with Crippen molar-refractivity contribution in [1.82, 2.24) is 0 Å². The van der Waals surface area contributed by atoms with Crippen molar-refractivity contribution in [2.45, 2.75) is 64.3 Å². The molecule has 0 bridgehead atoms. The highest BCUT2D eigenvalue weighted by Crippen LogP contribution is 2.34. The van der Waals surface area contributed by atoms with Gasteiger partial charge in [0.1, 0.15) is 0 Å². The molecule has 2 atom stereocenters. The summed E-state index contributed by atoms with van der Waals surface area (Å²) in [6.07, 6.45) is 10.8. The lowest BCUT2D eigenvalue weighted by molar-refractivity contribution is 0.488. The molecule has 1 N–H and O–H groups in total. The zero-order chi connectivity index (χ0) is 12.4. The van der Waals surface area contributed by atoms with Gasteiger partial charge in [0.25, 0.3) is 0 Å². The maximum Gasteiger partial charge on any atom is 0.0377 e. The second-order valence-corrected chi connectivity index (χ2v) is 6.00. The van der Waals surface area contributed by atoms with Gasteiger partial charge in [0, 0.05) is 11.7 Å². The SMILES string of the molecule is CCC1CCCC1Nc1cccc2c1CCCC2. The number of nitrogens with one attached hydrogen (secondary N) is 1. The second kappa shape index (κ2) is 5.34. The number of aryl methyl sites for hydroxylation is 1. The largest absolute Gasteiger partial charge is 0.382 e. The van der Waals surface area contributed by atoms with Gasteiger partial charge in [0.05, 0.1) is 0 Å². The third kappa shape index (κ3) is 2.28. The Labute approximate surface area is 111 Å². The molecule has 1 fully saturated rings. The fraction of sp³-hybridized carbons (Fsp3) is 0.647. The van der Waals surface area contributed by atoms with E-state index in [1.54, 1.807) is 11.1 Å². The van der Waals surface area contributed by atoms with Crippen molar-refractivity contribution in [3.8, 4) is 0 Å². The molecule has 2 aliphatic carbocycles. The lowest BCUT2D eigenvalue weighted by Gasteiger charge is -2.25. The van der Waals surface area contributed by atoms with Crippen molar-refractivity contribution in [1.29, 1.82) is 0 Å². The maximum absolute atomic E-state index is 3.87. The van der Waals surface area contributed by atoms with E-state index in [4.69, 9.17) is 0 Å². The molecule has 18 heavy (non-hydrogen) atoms. The van der Waals surface area contributed by atoms with Crippen LogP contribution in [-0.4, -0.2) is 6.04 Å². The van der Waals surface area contributed by atoms with E-state index in [-0.39, 0.29) is 0 Å². The minimum atomic E-state index is 0.725. The molecule has 3 rings (SSSR count). The summed E-state index contributed by atoms with van der Waals surface area (Å²) in [6.45, 7) is 2.34. The molecule has 2 aliphatic rings. The molecule has 0 amide bonds. The van der Waals surface area contributed by atoms with E-state index in [2.05, 4.69) is 30.4 Å². The van der Waals surface area contributed by atoms with Crippen LogP contribution in [-0.2, 0) is 12.8 Å². The van der Waals surface area contributed by atoms with E-state index in [0.29, 0.717) is 0 Å². The molecule has 1 nitrogen and oxygen atoms in total. The van der Waals surface area contributed by atoms with Crippen molar-refractivity contribution >= 4 is 5.69 Å².